The number of benzene rings is 2. The van der Waals surface area contributed by atoms with Crippen molar-refractivity contribution in [2.24, 2.45) is 11.7 Å². The predicted octanol–water partition coefficient (Wildman–Crippen LogP) is 4.54. The summed E-state index contributed by atoms with van der Waals surface area (Å²) in [5.74, 6) is 1.02. The van der Waals surface area contributed by atoms with Gasteiger partial charge in [0.1, 0.15) is 0 Å². The Bertz CT molecular complexity index is 514. The SMILES string of the molecule is CC(C)C(c1ccc(I)cc1)c1ccc(CN)cc1. The molecule has 0 amide bonds. The molecule has 0 spiro atoms. The summed E-state index contributed by atoms with van der Waals surface area (Å²) >= 11 is 2.35. The lowest BCUT2D eigenvalue weighted by Gasteiger charge is -2.22. The fourth-order valence-corrected chi connectivity index (χ4v) is 2.85. The Balaban J connectivity index is 2.36. The van der Waals surface area contributed by atoms with E-state index in [1.807, 2.05) is 0 Å². The fraction of sp³-hybridized carbons (Fsp3) is 0.294. The third-order valence-electron chi connectivity index (χ3n) is 3.47. The molecule has 0 aliphatic carbocycles. The van der Waals surface area contributed by atoms with Crippen LogP contribution in [-0.4, -0.2) is 0 Å². The van der Waals surface area contributed by atoms with Crippen molar-refractivity contribution in [1.29, 1.82) is 0 Å². The maximum Gasteiger partial charge on any atom is 0.0178 e. The van der Waals surface area contributed by atoms with Gasteiger partial charge in [0.2, 0.25) is 0 Å². The Hall–Kier alpha value is -0.870. The molecule has 0 heterocycles. The molecule has 19 heavy (non-hydrogen) atoms. The molecule has 100 valence electrons. The number of hydrogen-bond acceptors (Lipinski definition) is 1. The third-order valence-corrected chi connectivity index (χ3v) is 4.19. The molecular weight excluding hydrogens is 345 g/mol. The number of nitrogens with two attached hydrogens (primary N) is 1. The zero-order chi connectivity index (χ0) is 13.8. The number of halogens is 1. The minimum Gasteiger partial charge on any atom is -0.326 e. The van der Waals surface area contributed by atoms with Gasteiger partial charge in [0.05, 0.1) is 0 Å². The number of hydrogen-bond donors (Lipinski definition) is 1. The molecule has 0 aliphatic rings. The van der Waals surface area contributed by atoms with E-state index in [9.17, 15) is 0 Å². The van der Waals surface area contributed by atoms with E-state index in [1.165, 1.54) is 20.3 Å². The summed E-state index contributed by atoms with van der Waals surface area (Å²) in [6, 6.07) is 17.5. The van der Waals surface area contributed by atoms with Crippen LogP contribution in [-0.2, 0) is 6.54 Å². The van der Waals surface area contributed by atoms with Gasteiger partial charge in [0.25, 0.3) is 0 Å². The maximum atomic E-state index is 5.66. The molecule has 2 rings (SSSR count). The van der Waals surface area contributed by atoms with Crippen LogP contribution in [0.15, 0.2) is 48.5 Å². The molecule has 2 aromatic rings. The molecule has 2 heteroatoms. The molecule has 0 saturated carbocycles. The van der Waals surface area contributed by atoms with Crippen LogP contribution in [0.3, 0.4) is 0 Å². The van der Waals surface area contributed by atoms with Crippen molar-refractivity contribution in [1.82, 2.24) is 0 Å². The average molecular weight is 365 g/mol. The first-order chi connectivity index (χ1) is 9.11. The van der Waals surface area contributed by atoms with Gasteiger partial charge in [-0.05, 0) is 57.3 Å². The second kappa shape index (κ2) is 6.53. The van der Waals surface area contributed by atoms with Gasteiger partial charge in [-0.25, -0.2) is 0 Å². The van der Waals surface area contributed by atoms with Gasteiger partial charge in [-0.15, -0.1) is 0 Å². The highest BCUT2D eigenvalue weighted by Gasteiger charge is 2.17. The molecule has 1 atom stereocenters. The molecule has 0 fully saturated rings. The molecule has 1 nitrogen and oxygen atoms in total. The topological polar surface area (TPSA) is 26.0 Å². The maximum absolute atomic E-state index is 5.66. The van der Waals surface area contributed by atoms with E-state index in [2.05, 4.69) is 85.0 Å². The fourth-order valence-electron chi connectivity index (χ4n) is 2.49. The van der Waals surface area contributed by atoms with E-state index in [4.69, 9.17) is 5.73 Å². The van der Waals surface area contributed by atoms with Crippen molar-refractivity contribution in [2.45, 2.75) is 26.3 Å². The van der Waals surface area contributed by atoms with E-state index in [0.717, 1.165) is 0 Å². The summed E-state index contributed by atoms with van der Waals surface area (Å²) < 4.78 is 1.28. The van der Waals surface area contributed by atoms with Gasteiger partial charge < -0.3 is 5.73 Å². The van der Waals surface area contributed by atoms with Gasteiger partial charge in [-0.2, -0.15) is 0 Å². The van der Waals surface area contributed by atoms with Crippen molar-refractivity contribution in [2.75, 3.05) is 0 Å². The minimum absolute atomic E-state index is 0.448. The monoisotopic (exact) mass is 365 g/mol. The highest BCUT2D eigenvalue weighted by atomic mass is 127. The van der Waals surface area contributed by atoms with Crippen LogP contribution in [0.25, 0.3) is 0 Å². The van der Waals surface area contributed by atoms with Gasteiger partial charge in [-0.1, -0.05) is 50.2 Å². The molecular formula is C17H20IN. The van der Waals surface area contributed by atoms with Crippen LogP contribution in [0.2, 0.25) is 0 Å². The van der Waals surface area contributed by atoms with E-state index in [1.54, 1.807) is 0 Å². The smallest absolute Gasteiger partial charge is 0.0178 e. The van der Waals surface area contributed by atoms with Crippen molar-refractivity contribution in [3.8, 4) is 0 Å². The van der Waals surface area contributed by atoms with E-state index in [-0.39, 0.29) is 0 Å². The molecule has 2 N–H and O–H groups in total. The third kappa shape index (κ3) is 3.57. The van der Waals surface area contributed by atoms with Crippen molar-refractivity contribution >= 4 is 22.6 Å². The molecule has 1 unspecified atom stereocenters. The molecule has 2 aromatic carbocycles. The van der Waals surface area contributed by atoms with Crippen LogP contribution in [0, 0.1) is 9.49 Å². The first-order valence-corrected chi connectivity index (χ1v) is 7.74. The first kappa shape index (κ1) is 14.5. The molecule has 0 saturated heterocycles. The zero-order valence-corrected chi connectivity index (χ0v) is 13.6. The highest BCUT2D eigenvalue weighted by molar-refractivity contribution is 14.1. The second-order valence-electron chi connectivity index (χ2n) is 5.22. The molecule has 0 bridgehead atoms. The van der Waals surface area contributed by atoms with E-state index in [0.29, 0.717) is 18.4 Å². The van der Waals surface area contributed by atoms with E-state index >= 15 is 0 Å². The molecule has 0 radical (unpaired) electrons. The zero-order valence-electron chi connectivity index (χ0n) is 11.4. The lowest BCUT2D eigenvalue weighted by molar-refractivity contribution is 0.563. The average Bonchev–Trinajstić information content (AvgIpc) is 2.42. The lowest BCUT2D eigenvalue weighted by Crippen LogP contribution is -2.09. The van der Waals surface area contributed by atoms with Crippen LogP contribution >= 0.6 is 22.6 Å². The predicted molar refractivity (Wildman–Crippen MR) is 90.2 cm³/mol. The van der Waals surface area contributed by atoms with Crippen LogP contribution in [0.5, 0.6) is 0 Å². The van der Waals surface area contributed by atoms with Gasteiger partial charge in [0.15, 0.2) is 0 Å². The van der Waals surface area contributed by atoms with Crippen LogP contribution < -0.4 is 5.73 Å². The Kier molecular flexibility index (Phi) is 4.99. The summed E-state index contributed by atoms with van der Waals surface area (Å²) in [6.45, 7) is 5.16. The van der Waals surface area contributed by atoms with Crippen molar-refractivity contribution in [3.63, 3.8) is 0 Å². The highest BCUT2D eigenvalue weighted by Crippen LogP contribution is 2.32. The lowest BCUT2D eigenvalue weighted by atomic mass is 9.82. The first-order valence-electron chi connectivity index (χ1n) is 6.66. The van der Waals surface area contributed by atoms with Crippen molar-refractivity contribution < 1.29 is 0 Å². The second-order valence-corrected chi connectivity index (χ2v) is 6.46. The summed E-state index contributed by atoms with van der Waals surface area (Å²) in [5, 5.41) is 0. The van der Waals surface area contributed by atoms with Crippen LogP contribution in [0.1, 0.15) is 36.5 Å². The Labute approximate surface area is 129 Å². The Morgan fingerprint density at radius 3 is 1.79 bits per heavy atom. The standard InChI is InChI=1S/C17H20IN/c1-12(2)17(15-7-9-16(18)10-8-15)14-5-3-13(11-19)4-6-14/h3-10,12,17H,11,19H2,1-2H3. The minimum atomic E-state index is 0.448. The van der Waals surface area contributed by atoms with Gasteiger partial charge in [-0.3, -0.25) is 0 Å². The van der Waals surface area contributed by atoms with Crippen molar-refractivity contribution in [3.05, 3.63) is 68.8 Å². The normalized spacial score (nSPS) is 12.7. The number of rotatable bonds is 4. The molecule has 0 aromatic heterocycles. The summed E-state index contributed by atoms with van der Waals surface area (Å²) in [4.78, 5) is 0. The summed E-state index contributed by atoms with van der Waals surface area (Å²) in [6.07, 6.45) is 0. The van der Waals surface area contributed by atoms with Crippen LogP contribution in [0.4, 0.5) is 0 Å². The quantitative estimate of drug-likeness (QED) is 0.792. The summed E-state index contributed by atoms with van der Waals surface area (Å²) in [5.41, 5.74) is 9.61. The summed E-state index contributed by atoms with van der Waals surface area (Å²) in [7, 11) is 0. The Morgan fingerprint density at radius 2 is 1.37 bits per heavy atom. The Morgan fingerprint density at radius 1 is 0.895 bits per heavy atom. The van der Waals surface area contributed by atoms with Gasteiger partial charge in [0, 0.05) is 16.0 Å². The van der Waals surface area contributed by atoms with E-state index < -0.39 is 0 Å². The van der Waals surface area contributed by atoms with Gasteiger partial charge >= 0.3 is 0 Å². The largest absolute Gasteiger partial charge is 0.326 e. The molecule has 0 aliphatic heterocycles.